The van der Waals surface area contributed by atoms with Crippen molar-refractivity contribution in [3.8, 4) is 11.5 Å². The molecule has 19 heavy (non-hydrogen) atoms. The van der Waals surface area contributed by atoms with Crippen LogP contribution in [0.15, 0.2) is 16.6 Å². The molecule has 0 saturated heterocycles. The molecule has 5 heteroatoms. The maximum atomic E-state index is 5.72. The van der Waals surface area contributed by atoms with Gasteiger partial charge in [-0.3, -0.25) is 0 Å². The summed E-state index contributed by atoms with van der Waals surface area (Å²) in [6.45, 7) is 4.74. The van der Waals surface area contributed by atoms with Gasteiger partial charge in [-0.05, 0) is 47.1 Å². The number of methoxy groups -OCH3 is 1. The minimum Gasteiger partial charge on any atom is -0.493 e. The predicted molar refractivity (Wildman–Crippen MR) is 80.1 cm³/mol. The van der Waals surface area contributed by atoms with E-state index >= 15 is 0 Å². The Labute approximate surface area is 123 Å². The van der Waals surface area contributed by atoms with Crippen LogP contribution in [0.4, 0.5) is 0 Å². The quantitative estimate of drug-likeness (QED) is 0.706. The van der Waals surface area contributed by atoms with E-state index in [0.29, 0.717) is 13.2 Å². The minimum absolute atomic E-state index is 0.514. The molecule has 108 valence electrons. The van der Waals surface area contributed by atoms with E-state index in [1.807, 2.05) is 19.2 Å². The van der Waals surface area contributed by atoms with Crippen LogP contribution in [0, 0.1) is 0 Å². The second kappa shape index (κ2) is 9.18. The van der Waals surface area contributed by atoms with Crippen LogP contribution in [0.5, 0.6) is 11.5 Å². The number of rotatable bonds is 9. The number of hydrogen-bond acceptors (Lipinski definition) is 4. The molecule has 0 spiro atoms. The lowest BCUT2D eigenvalue weighted by Gasteiger charge is -2.14. The Kier molecular flexibility index (Phi) is 7.86. The van der Waals surface area contributed by atoms with Crippen LogP contribution in [-0.2, 0) is 11.3 Å². The summed E-state index contributed by atoms with van der Waals surface area (Å²) in [4.78, 5) is 0. The minimum atomic E-state index is 0.514. The summed E-state index contributed by atoms with van der Waals surface area (Å²) in [7, 11) is 3.56. The lowest BCUT2D eigenvalue weighted by molar-refractivity contribution is 0.0992. The molecule has 0 fully saturated rings. The van der Waals surface area contributed by atoms with E-state index in [1.165, 1.54) is 0 Å². The van der Waals surface area contributed by atoms with Crippen molar-refractivity contribution in [1.29, 1.82) is 0 Å². The Balaban J connectivity index is 2.65. The second-order valence-electron chi connectivity index (χ2n) is 4.10. The molecule has 1 aromatic carbocycles. The molecule has 1 aromatic rings. The monoisotopic (exact) mass is 331 g/mol. The smallest absolute Gasteiger partial charge is 0.175 e. The van der Waals surface area contributed by atoms with Gasteiger partial charge in [0.1, 0.15) is 6.61 Å². The number of ether oxygens (including phenoxy) is 3. The SMILES string of the molecule is CCCOCCOc1c(Br)cc(CNC)cc1OC. The Hall–Kier alpha value is -0.780. The highest BCUT2D eigenvalue weighted by atomic mass is 79.9. The van der Waals surface area contributed by atoms with Crippen molar-refractivity contribution in [3.63, 3.8) is 0 Å². The third-order valence-corrected chi connectivity index (χ3v) is 3.08. The van der Waals surface area contributed by atoms with Crippen molar-refractivity contribution in [2.75, 3.05) is 34.0 Å². The lowest BCUT2D eigenvalue weighted by atomic mass is 10.2. The van der Waals surface area contributed by atoms with E-state index in [0.717, 1.165) is 41.1 Å². The highest BCUT2D eigenvalue weighted by Crippen LogP contribution is 2.36. The second-order valence-corrected chi connectivity index (χ2v) is 4.95. The summed E-state index contributed by atoms with van der Waals surface area (Å²) in [6.07, 6.45) is 1.02. The molecule has 0 heterocycles. The van der Waals surface area contributed by atoms with Gasteiger partial charge in [-0.25, -0.2) is 0 Å². The average Bonchev–Trinajstić information content (AvgIpc) is 2.40. The maximum Gasteiger partial charge on any atom is 0.175 e. The van der Waals surface area contributed by atoms with Gasteiger partial charge in [0.15, 0.2) is 11.5 Å². The van der Waals surface area contributed by atoms with Crippen LogP contribution < -0.4 is 14.8 Å². The molecule has 0 radical (unpaired) electrons. The molecule has 1 N–H and O–H groups in total. The van der Waals surface area contributed by atoms with Gasteiger partial charge >= 0.3 is 0 Å². The van der Waals surface area contributed by atoms with E-state index in [9.17, 15) is 0 Å². The largest absolute Gasteiger partial charge is 0.493 e. The Morgan fingerprint density at radius 2 is 2.00 bits per heavy atom. The number of benzene rings is 1. The van der Waals surface area contributed by atoms with Crippen molar-refractivity contribution in [2.24, 2.45) is 0 Å². The fraction of sp³-hybridized carbons (Fsp3) is 0.571. The van der Waals surface area contributed by atoms with Crippen LogP contribution in [0.25, 0.3) is 0 Å². The van der Waals surface area contributed by atoms with Crippen LogP contribution in [-0.4, -0.2) is 34.0 Å². The lowest BCUT2D eigenvalue weighted by Crippen LogP contribution is -2.09. The zero-order valence-electron chi connectivity index (χ0n) is 11.8. The normalized spacial score (nSPS) is 10.5. The first-order valence-corrected chi connectivity index (χ1v) is 7.23. The highest BCUT2D eigenvalue weighted by molar-refractivity contribution is 9.10. The van der Waals surface area contributed by atoms with Gasteiger partial charge in [0.25, 0.3) is 0 Å². The summed E-state index contributed by atoms with van der Waals surface area (Å²) in [5.74, 6) is 1.46. The molecule has 0 atom stereocenters. The van der Waals surface area contributed by atoms with Crippen molar-refractivity contribution in [1.82, 2.24) is 5.32 Å². The zero-order valence-corrected chi connectivity index (χ0v) is 13.4. The van der Waals surface area contributed by atoms with Crippen LogP contribution >= 0.6 is 15.9 Å². The first kappa shape index (κ1) is 16.3. The molecule has 0 unspecified atom stereocenters. The number of nitrogens with one attached hydrogen (secondary N) is 1. The van der Waals surface area contributed by atoms with Gasteiger partial charge in [-0.1, -0.05) is 6.92 Å². The summed E-state index contributed by atoms with van der Waals surface area (Å²) < 4.78 is 17.4. The summed E-state index contributed by atoms with van der Waals surface area (Å²) in [6, 6.07) is 4.00. The summed E-state index contributed by atoms with van der Waals surface area (Å²) in [5, 5.41) is 3.11. The van der Waals surface area contributed by atoms with Crippen molar-refractivity contribution >= 4 is 15.9 Å². The molecule has 1 rings (SSSR count). The predicted octanol–water partition coefficient (Wildman–Crippen LogP) is 2.98. The fourth-order valence-corrected chi connectivity index (χ4v) is 2.27. The first-order chi connectivity index (χ1) is 9.22. The fourth-order valence-electron chi connectivity index (χ4n) is 1.67. The number of hydrogen-bond donors (Lipinski definition) is 1. The van der Waals surface area contributed by atoms with Gasteiger partial charge in [-0.2, -0.15) is 0 Å². The molecule has 0 aliphatic rings. The summed E-state index contributed by atoms with van der Waals surface area (Å²) >= 11 is 3.52. The van der Waals surface area contributed by atoms with Gasteiger partial charge < -0.3 is 19.5 Å². The molecule has 0 saturated carbocycles. The molecule has 4 nitrogen and oxygen atoms in total. The molecule has 0 aliphatic carbocycles. The zero-order chi connectivity index (χ0) is 14.1. The molecule has 0 aliphatic heterocycles. The number of halogens is 1. The van der Waals surface area contributed by atoms with E-state index in [2.05, 4.69) is 28.2 Å². The Morgan fingerprint density at radius 3 is 2.63 bits per heavy atom. The van der Waals surface area contributed by atoms with Crippen molar-refractivity contribution in [2.45, 2.75) is 19.9 Å². The van der Waals surface area contributed by atoms with E-state index in [-0.39, 0.29) is 0 Å². The van der Waals surface area contributed by atoms with E-state index in [4.69, 9.17) is 14.2 Å². The summed E-state index contributed by atoms with van der Waals surface area (Å²) in [5.41, 5.74) is 1.14. The van der Waals surface area contributed by atoms with Crippen LogP contribution in [0.1, 0.15) is 18.9 Å². The van der Waals surface area contributed by atoms with Gasteiger partial charge in [0.2, 0.25) is 0 Å². The Morgan fingerprint density at radius 1 is 1.21 bits per heavy atom. The molecule has 0 aromatic heterocycles. The van der Waals surface area contributed by atoms with Crippen LogP contribution in [0.2, 0.25) is 0 Å². The first-order valence-electron chi connectivity index (χ1n) is 6.44. The highest BCUT2D eigenvalue weighted by Gasteiger charge is 2.11. The van der Waals surface area contributed by atoms with Crippen molar-refractivity contribution < 1.29 is 14.2 Å². The molecular weight excluding hydrogens is 310 g/mol. The average molecular weight is 332 g/mol. The van der Waals surface area contributed by atoms with Gasteiger partial charge in [-0.15, -0.1) is 0 Å². The Bertz CT molecular complexity index is 385. The standard InChI is InChI=1S/C14H22BrNO3/c1-4-5-18-6-7-19-14-12(15)8-11(10-16-2)9-13(14)17-3/h8-9,16H,4-7,10H2,1-3H3. The molecular formula is C14H22BrNO3. The van der Waals surface area contributed by atoms with E-state index < -0.39 is 0 Å². The van der Waals surface area contributed by atoms with Gasteiger partial charge in [0, 0.05) is 13.2 Å². The van der Waals surface area contributed by atoms with Crippen LogP contribution in [0.3, 0.4) is 0 Å². The van der Waals surface area contributed by atoms with Gasteiger partial charge in [0.05, 0.1) is 18.2 Å². The third kappa shape index (κ3) is 5.38. The van der Waals surface area contributed by atoms with Crippen molar-refractivity contribution in [3.05, 3.63) is 22.2 Å². The molecule has 0 bridgehead atoms. The topological polar surface area (TPSA) is 39.7 Å². The maximum absolute atomic E-state index is 5.72. The van der Waals surface area contributed by atoms with E-state index in [1.54, 1.807) is 7.11 Å². The molecule has 0 amide bonds. The third-order valence-electron chi connectivity index (χ3n) is 2.49.